The lowest BCUT2D eigenvalue weighted by Gasteiger charge is -2.19. The first kappa shape index (κ1) is 16.7. The zero-order valence-electron chi connectivity index (χ0n) is 13.7. The van der Waals surface area contributed by atoms with Gasteiger partial charge in [-0.1, -0.05) is 51.1 Å². The van der Waals surface area contributed by atoms with Gasteiger partial charge < -0.3 is 0 Å². The molecule has 0 N–H and O–H groups in total. The highest BCUT2D eigenvalue weighted by Crippen LogP contribution is 2.29. The molecule has 5 nitrogen and oxygen atoms in total. The number of hydrogen-bond acceptors (Lipinski definition) is 3. The molecule has 0 radical (unpaired) electrons. The van der Waals surface area contributed by atoms with Gasteiger partial charge in [-0.15, -0.1) is 0 Å². The predicted octanol–water partition coefficient (Wildman–Crippen LogP) is 2.48. The number of rotatable bonds is 4. The first-order valence-corrected chi connectivity index (χ1v) is 8.61. The Balaban J connectivity index is 2.50. The molecule has 2 rings (SSSR count). The molecular formula is C16H23N3O2S. The summed E-state index contributed by atoms with van der Waals surface area (Å²) in [7, 11) is -0.436. The summed E-state index contributed by atoms with van der Waals surface area (Å²) in [4.78, 5) is 0.279. The molecular weight excluding hydrogens is 298 g/mol. The molecule has 120 valence electrons. The van der Waals surface area contributed by atoms with Crippen LogP contribution in [-0.4, -0.2) is 36.6 Å². The molecule has 2 aromatic rings. The Labute approximate surface area is 132 Å². The van der Waals surface area contributed by atoms with Crippen molar-refractivity contribution in [2.45, 2.75) is 37.6 Å². The minimum Gasteiger partial charge on any atom is -0.267 e. The maximum atomic E-state index is 12.5. The van der Waals surface area contributed by atoms with Crippen LogP contribution in [0, 0.1) is 0 Å². The molecule has 0 fully saturated rings. The van der Waals surface area contributed by atoms with E-state index in [-0.39, 0.29) is 10.3 Å². The molecule has 0 atom stereocenters. The Morgan fingerprint density at radius 2 is 1.73 bits per heavy atom. The van der Waals surface area contributed by atoms with Crippen molar-refractivity contribution in [3.8, 4) is 0 Å². The summed E-state index contributed by atoms with van der Waals surface area (Å²) in [5, 5.41) is 4.54. The third kappa shape index (κ3) is 3.39. The summed E-state index contributed by atoms with van der Waals surface area (Å²) < 4.78 is 28.0. The van der Waals surface area contributed by atoms with Gasteiger partial charge in [-0.05, 0) is 5.56 Å². The number of aromatic nitrogens is 2. The highest BCUT2D eigenvalue weighted by molar-refractivity contribution is 7.89. The standard InChI is InChI=1S/C16H23N3O2S/c1-16(2,3)15-14(22(20,21)18(4)5)12-19(17-15)11-13-9-7-6-8-10-13/h6-10,12H,11H2,1-5H3. The number of hydrogen-bond donors (Lipinski definition) is 0. The van der Waals surface area contributed by atoms with Crippen molar-refractivity contribution in [1.82, 2.24) is 14.1 Å². The fourth-order valence-electron chi connectivity index (χ4n) is 2.16. The van der Waals surface area contributed by atoms with Crippen LogP contribution in [0.2, 0.25) is 0 Å². The second-order valence-electron chi connectivity index (χ2n) is 6.56. The van der Waals surface area contributed by atoms with E-state index in [1.165, 1.54) is 18.4 Å². The van der Waals surface area contributed by atoms with Crippen LogP contribution in [0.25, 0.3) is 0 Å². The molecule has 1 heterocycles. The molecule has 0 bridgehead atoms. The fraction of sp³-hybridized carbons (Fsp3) is 0.438. The van der Waals surface area contributed by atoms with E-state index >= 15 is 0 Å². The summed E-state index contributed by atoms with van der Waals surface area (Å²) in [5.41, 5.74) is 1.33. The summed E-state index contributed by atoms with van der Waals surface area (Å²) in [6, 6.07) is 9.87. The zero-order chi connectivity index (χ0) is 16.5. The van der Waals surface area contributed by atoms with Gasteiger partial charge in [-0.3, -0.25) is 4.68 Å². The molecule has 0 aliphatic rings. The highest BCUT2D eigenvalue weighted by atomic mass is 32.2. The third-order valence-electron chi connectivity index (χ3n) is 3.38. The Kier molecular flexibility index (Phi) is 4.44. The SMILES string of the molecule is CN(C)S(=O)(=O)c1cn(Cc2ccccc2)nc1C(C)(C)C. The summed E-state index contributed by atoms with van der Waals surface area (Å²) >= 11 is 0. The first-order valence-electron chi connectivity index (χ1n) is 7.17. The van der Waals surface area contributed by atoms with E-state index in [9.17, 15) is 8.42 Å². The highest BCUT2D eigenvalue weighted by Gasteiger charge is 2.31. The van der Waals surface area contributed by atoms with Gasteiger partial charge in [0.05, 0.1) is 12.2 Å². The molecule has 1 aromatic heterocycles. The van der Waals surface area contributed by atoms with Crippen LogP contribution in [0.3, 0.4) is 0 Å². The minimum absolute atomic E-state index is 0.279. The lowest BCUT2D eigenvalue weighted by Crippen LogP contribution is -2.25. The predicted molar refractivity (Wildman–Crippen MR) is 87.3 cm³/mol. The topological polar surface area (TPSA) is 55.2 Å². The van der Waals surface area contributed by atoms with Crippen LogP contribution < -0.4 is 0 Å². The van der Waals surface area contributed by atoms with Gasteiger partial charge in [0, 0.05) is 25.7 Å². The fourth-order valence-corrected chi connectivity index (χ4v) is 3.40. The molecule has 0 aliphatic carbocycles. The molecule has 0 amide bonds. The molecule has 1 aromatic carbocycles. The molecule has 0 saturated heterocycles. The quantitative estimate of drug-likeness (QED) is 0.869. The minimum atomic E-state index is -3.51. The van der Waals surface area contributed by atoms with Gasteiger partial charge in [-0.25, -0.2) is 12.7 Å². The van der Waals surface area contributed by atoms with Crippen LogP contribution in [0.5, 0.6) is 0 Å². The van der Waals surface area contributed by atoms with Crippen LogP contribution in [0.1, 0.15) is 32.0 Å². The van der Waals surface area contributed by atoms with Gasteiger partial charge >= 0.3 is 0 Å². The van der Waals surface area contributed by atoms with Gasteiger partial charge in [0.25, 0.3) is 0 Å². The van der Waals surface area contributed by atoms with Crippen LogP contribution in [-0.2, 0) is 22.0 Å². The van der Waals surface area contributed by atoms with E-state index < -0.39 is 10.0 Å². The van der Waals surface area contributed by atoms with Crippen molar-refractivity contribution < 1.29 is 8.42 Å². The third-order valence-corrected chi connectivity index (χ3v) is 5.20. The van der Waals surface area contributed by atoms with Crippen LogP contribution in [0.4, 0.5) is 0 Å². The maximum Gasteiger partial charge on any atom is 0.245 e. The van der Waals surface area contributed by atoms with Gasteiger partial charge in [0.15, 0.2) is 0 Å². The molecule has 0 unspecified atom stereocenters. The smallest absolute Gasteiger partial charge is 0.245 e. The summed E-state index contributed by atoms with van der Waals surface area (Å²) in [6.45, 7) is 6.46. The Hall–Kier alpha value is -1.66. The number of benzene rings is 1. The monoisotopic (exact) mass is 321 g/mol. The van der Waals surface area contributed by atoms with Crippen molar-refractivity contribution in [3.05, 3.63) is 47.8 Å². The average molecular weight is 321 g/mol. The average Bonchev–Trinajstić information content (AvgIpc) is 2.84. The Morgan fingerprint density at radius 3 is 2.23 bits per heavy atom. The van der Waals surface area contributed by atoms with Crippen molar-refractivity contribution in [1.29, 1.82) is 0 Å². The van der Waals surface area contributed by atoms with Gasteiger partial charge in [0.2, 0.25) is 10.0 Å². The largest absolute Gasteiger partial charge is 0.267 e. The molecule has 0 saturated carbocycles. The summed E-state index contributed by atoms with van der Waals surface area (Å²) in [6.07, 6.45) is 1.63. The van der Waals surface area contributed by atoms with Gasteiger partial charge in [0.1, 0.15) is 4.90 Å². The van der Waals surface area contributed by atoms with Crippen molar-refractivity contribution in [2.24, 2.45) is 0 Å². The second kappa shape index (κ2) is 5.85. The van der Waals surface area contributed by atoms with Gasteiger partial charge in [-0.2, -0.15) is 5.10 Å². The first-order chi connectivity index (χ1) is 10.1. The number of nitrogens with zero attached hydrogens (tertiary/aromatic N) is 3. The van der Waals surface area contributed by atoms with E-state index in [1.807, 2.05) is 51.1 Å². The van der Waals surface area contributed by atoms with E-state index in [0.717, 1.165) is 5.56 Å². The Bertz CT molecular complexity index is 741. The molecule has 0 aliphatic heterocycles. The van der Waals surface area contributed by atoms with Crippen LogP contribution in [0.15, 0.2) is 41.4 Å². The number of sulfonamides is 1. The van der Waals surface area contributed by atoms with Crippen molar-refractivity contribution in [3.63, 3.8) is 0 Å². The van der Waals surface area contributed by atoms with Crippen LogP contribution >= 0.6 is 0 Å². The summed E-state index contributed by atoms with van der Waals surface area (Å²) in [5.74, 6) is 0. The zero-order valence-corrected chi connectivity index (χ0v) is 14.6. The van der Waals surface area contributed by atoms with E-state index in [2.05, 4.69) is 5.10 Å². The molecule has 0 spiro atoms. The van der Waals surface area contributed by atoms with E-state index in [1.54, 1.807) is 10.9 Å². The second-order valence-corrected chi connectivity index (χ2v) is 8.68. The normalized spacial score (nSPS) is 12.8. The van der Waals surface area contributed by atoms with E-state index in [4.69, 9.17) is 0 Å². The van der Waals surface area contributed by atoms with Crippen molar-refractivity contribution >= 4 is 10.0 Å². The maximum absolute atomic E-state index is 12.5. The van der Waals surface area contributed by atoms with Crippen molar-refractivity contribution in [2.75, 3.05) is 14.1 Å². The van der Waals surface area contributed by atoms with E-state index in [0.29, 0.717) is 12.2 Å². The Morgan fingerprint density at radius 1 is 1.14 bits per heavy atom. The lowest BCUT2D eigenvalue weighted by atomic mass is 9.92. The molecule has 22 heavy (non-hydrogen) atoms. The molecule has 6 heteroatoms. The lowest BCUT2D eigenvalue weighted by molar-refractivity contribution is 0.506.